The molecule has 2 aliphatic heterocycles. The second-order valence-electron chi connectivity index (χ2n) is 5.96. The summed E-state index contributed by atoms with van der Waals surface area (Å²) in [4.78, 5) is 5.17. The quantitative estimate of drug-likeness (QED) is 0.901. The van der Waals surface area contributed by atoms with Crippen LogP contribution in [-0.4, -0.2) is 55.7 Å². The minimum absolute atomic E-state index is 0.236. The molecule has 2 fully saturated rings. The number of rotatable bonds is 4. The van der Waals surface area contributed by atoms with Gasteiger partial charge in [0.1, 0.15) is 5.75 Å². The Morgan fingerprint density at radius 3 is 3.00 bits per heavy atom. The first-order valence-corrected chi connectivity index (χ1v) is 8.54. The highest BCUT2D eigenvalue weighted by Gasteiger charge is 2.34. The summed E-state index contributed by atoms with van der Waals surface area (Å²) in [5, 5.41) is 0. The van der Waals surface area contributed by atoms with Crippen molar-refractivity contribution < 1.29 is 4.74 Å². The van der Waals surface area contributed by atoms with Crippen LogP contribution in [0, 0.1) is 0 Å². The van der Waals surface area contributed by atoms with E-state index >= 15 is 0 Å². The molecule has 2 unspecified atom stereocenters. The van der Waals surface area contributed by atoms with Gasteiger partial charge in [0.05, 0.1) is 13.2 Å². The number of benzene rings is 1. The third-order valence-electron chi connectivity index (χ3n) is 4.83. The maximum atomic E-state index is 6.12. The maximum absolute atomic E-state index is 6.12. The monoisotopic (exact) mass is 353 g/mol. The molecule has 0 radical (unpaired) electrons. The van der Waals surface area contributed by atoms with E-state index in [9.17, 15) is 0 Å². The molecule has 2 saturated heterocycles. The van der Waals surface area contributed by atoms with E-state index < -0.39 is 0 Å². The van der Waals surface area contributed by atoms with Gasteiger partial charge >= 0.3 is 0 Å². The van der Waals surface area contributed by atoms with Crippen LogP contribution in [-0.2, 0) is 0 Å². The van der Waals surface area contributed by atoms with Gasteiger partial charge in [-0.3, -0.25) is 9.80 Å². The molecule has 0 amide bonds. The average Bonchev–Trinajstić information content (AvgIpc) is 2.96. The van der Waals surface area contributed by atoms with E-state index in [0.717, 1.165) is 29.9 Å². The molecule has 3 rings (SSSR count). The molecule has 0 aromatic heterocycles. The lowest BCUT2D eigenvalue weighted by Gasteiger charge is -2.41. The normalized spacial score (nSPS) is 24.8. The number of methoxy groups -OCH3 is 1. The minimum atomic E-state index is 0.236. The van der Waals surface area contributed by atoms with Crippen molar-refractivity contribution in [1.29, 1.82) is 0 Å². The molecule has 1 aromatic rings. The fourth-order valence-corrected chi connectivity index (χ4v) is 4.12. The molecule has 0 aliphatic carbocycles. The number of fused-ring (bicyclic) bond motifs is 1. The molecular weight excluding hydrogens is 330 g/mol. The Kier molecular flexibility index (Phi) is 4.84. The van der Waals surface area contributed by atoms with E-state index in [4.69, 9.17) is 10.5 Å². The van der Waals surface area contributed by atoms with Gasteiger partial charge in [0.15, 0.2) is 0 Å². The highest BCUT2D eigenvalue weighted by atomic mass is 79.9. The molecule has 21 heavy (non-hydrogen) atoms. The number of hydrogen-bond donors (Lipinski definition) is 1. The zero-order valence-corrected chi connectivity index (χ0v) is 14.2. The van der Waals surface area contributed by atoms with E-state index in [1.807, 2.05) is 12.1 Å². The van der Waals surface area contributed by atoms with Crippen molar-refractivity contribution in [3.05, 3.63) is 28.2 Å². The van der Waals surface area contributed by atoms with E-state index in [1.54, 1.807) is 7.11 Å². The molecule has 0 saturated carbocycles. The van der Waals surface area contributed by atoms with Crippen molar-refractivity contribution in [2.75, 3.05) is 39.8 Å². The number of ether oxygens (including phenoxy) is 1. The molecule has 116 valence electrons. The van der Waals surface area contributed by atoms with Gasteiger partial charge in [0.2, 0.25) is 0 Å². The zero-order chi connectivity index (χ0) is 14.8. The Hall–Kier alpha value is -0.620. The second kappa shape index (κ2) is 6.65. The molecule has 1 aromatic carbocycles. The molecule has 2 atom stereocenters. The van der Waals surface area contributed by atoms with Crippen LogP contribution >= 0.6 is 15.9 Å². The van der Waals surface area contributed by atoms with E-state index in [-0.39, 0.29) is 6.04 Å². The first-order valence-electron chi connectivity index (χ1n) is 7.74. The standard InChI is InChI=1S/C16H24BrN3O/c1-21-16-5-4-12(17)9-14(16)15(10-18)20-8-7-19-6-2-3-13(19)11-20/h4-5,9,13,15H,2-3,6-8,10-11,18H2,1H3. The second-order valence-corrected chi connectivity index (χ2v) is 6.88. The largest absolute Gasteiger partial charge is 0.496 e. The van der Waals surface area contributed by atoms with Crippen LogP contribution in [0.1, 0.15) is 24.4 Å². The van der Waals surface area contributed by atoms with Gasteiger partial charge in [-0.15, -0.1) is 0 Å². The summed E-state index contributed by atoms with van der Waals surface area (Å²) < 4.78 is 6.63. The SMILES string of the molecule is COc1ccc(Br)cc1C(CN)N1CCN2CCCC2C1. The molecule has 2 heterocycles. The highest BCUT2D eigenvalue weighted by molar-refractivity contribution is 9.10. The molecule has 0 bridgehead atoms. The van der Waals surface area contributed by atoms with Crippen LogP contribution < -0.4 is 10.5 Å². The number of nitrogens with two attached hydrogens (primary N) is 1. The van der Waals surface area contributed by atoms with Crippen molar-refractivity contribution in [2.45, 2.75) is 24.9 Å². The molecule has 0 spiro atoms. The Balaban J connectivity index is 1.83. The number of piperazine rings is 1. The molecule has 2 aliphatic rings. The third kappa shape index (κ3) is 3.11. The van der Waals surface area contributed by atoms with Gasteiger partial charge in [-0.25, -0.2) is 0 Å². The number of halogens is 1. The topological polar surface area (TPSA) is 41.7 Å². The lowest BCUT2D eigenvalue weighted by molar-refractivity contribution is 0.0728. The molecule has 5 heteroatoms. The van der Waals surface area contributed by atoms with E-state index in [0.29, 0.717) is 12.6 Å². The van der Waals surface area contributed by atoms with Gasteiger partial charge in [-0.2, -0.15) is 0 Å². The van der Waals surface area contributed by atoms with Crippen LogP contribution in [0.3, 0.4) is 0 Å². The lowest BCUT2D eigenvalue weighted by Crippen LogP contribution is -2.52. The van der Waals surface area contributed by atoms with E-state index in [1.165, 1.54) is 24.9 Å². The Morgan fingerprint density at radius 1 is 1.38 bits per heavy atom. The summed E-state index contributed by atoms with van der Waals surface area (Å²) in [6.45, 7) is 5.27. The molecule has 2 N–H and O–H groups in total. The van der Waals surface area contributed by atoms with Crippen molar-refractivity contribution in [1.82, 2.24) is 9.80 Å². The van der Waals surface area contributed by atoms with Gasteiger partial charge < -0.3 is 10.5 Å². The average molecular weight is 354 g/mol. The molecular formula is C16H24BrN3O. The summed E-state index contributed by atoms with van der Waals surface area (Å²) in [6.07, 6.45) is 2.66. The van der Waals surface area contributed by atoms with Crippen LogP contribution in [0.5, 0.6) is 5.75 Å². The van der Waals surface area contributed by atoms with Crippen molar-refractivity contribution in [3.63, 3.8) is 0 Å². The van der Waals surface area contributed by atoms with Gasteiger partial charge in [0.25, 0.3) is 0 Å². The Labute approximate surface area is 135 Å². The van der Waals surface area contributed by atoms with Gasteiger partial charge in [0, 0.05) is 42.3 Å². The fraction of sp³-hybridized carbons (Fsp3) is 0.625. The highest BCUT2D eigenvalue weighted by Crippen LogP contribution is 2.34. The summed E-state index contributed by atoms with van der Waals surface area (Å²) in [5.74, 6) is 0.933. The summed E-state index contributed by atoms with van der Waals surface area (Å²) >= 11 is 3.57. The fourth-order valence-electron chi connectivity index (χ4n) is 3.74. The minimum Gasteiger partial charge on any atom is -0.496 e. The first-order chi connectivity index (χ1) is 10.2. The predicted octanol–water partition coefficient (Wildman–Crippen LogP) is 2.24. The lowest BCUT2D eigenvalue weighted by atomic mass is 10.0. The number of hydrogen-bond acceptors (Lipinski definition) is 4. The van der Waals surface area contributed by atoms with Crippen molar-refractivity contribution >= 4 is 15.9 Å². The van der Waals surface area contributed by atoms with Gasteiger partial charge in [-0.05, 0) is 37.6 Å². The summed E-state index contributed by atoms with van der Waals surface area (Å²) in [7, 11) is 1.73. The Bertz CT molecular complexity index is 496. The van der Waals surface area contributed by atoms with Crippen LogP contribution in [0.2, 0.25) is 0 Å². The predicted molar refractivity (Wildman–Crippen MR) is 88.7 cm³/mol. The first kappa shape index (κ1) is 15.3. The van der Waals surface area contributed by atoms with Crippen molar-refractivity contribution in [3.8, 4) is 5.75 Å². The van der Waals surface area contributed by atoms with E-state index in [2.05, 4.69) is 31.8 Å². The van der Waals surface area contributed by atoms with Gasteiger partial charge in [-0.1, -0.05) is 15.9 Å². The Morgan fingerprint density at radius 2 is 2.24 bits per heavy atom. The third-order valence-corrected chi connectivity index (χ3v) is 5.33. The van der Waals surface area contributed by atoms with Crippen LogP contribution in [0.25, 0.3) is 0 Å². The number of nitrogens with zero attached hydrogens (tertiary/aromatic N) is 2. The van der Waals surface area contributed by atoms with Crippen LogP contribution in [0.15, 0.2) is 22.7 Å². The summed E-state index contributed by atoms with van der Waals surface area (Å²) in [5.41, 5.74) is 7.32. The van der Waals surface area contributed by atoms with Crippen LogP contribution in [0.4, 0.5) is 0 Å². The smallest absolute Gasteiger partial charge is 0.123 e. The molecule has 4 nitrogen and oxygen atoms in total. The zero-order valence-electron chi connectivity index (χ0n) is 12.6. The summed E-state index contributed by atoms with van der Waals surface area (Å²) in [6, 6.07) is 7.14. The van der Waals surface area contributed by atoms with Crippen molar-refractivity contribution in [2.24, 2.45) is 5.73 Å². The maximum Gasteiger partial charge on any atom is 0.123 e.